The Kier molecular flexibility index (Phi) is 4.37. The van der Waals surface area contributed by atoms with Gasteiger partial charge < -0.3 is 15.3 Å². The average Bonchev–Trinajstić information content (AvgIpc) is 2.87. The quantitative estimate of drug-likeness (QED) is 0.831. The average molecular weight is 259 g/mol. The number of nitrogens with one attached hydrogen (secondary N) is 1. The van der Waals surface area contributed by atoms with Gasteiger partial charge in [-0.2, -0.15) is 5.26 Å². The Morgan fingerprint density at radius 2 is 2.21 bits per heavy atom. The Morgan fingerprint density at radius 3 is 2.84 bits per heavy atom. The van der Waals surface area contributed by atoms with E-state index in [2.05, 4.69) is 16.3 Å². The van der Waals surface area contributed by atoms with E-state index in [9.17, 15) is 4.79 Å². The highest BCUT2D eigenvalue weighted by Crippen LogP contribution is 2.20. The summed E-state index contributed by atoms with van der Waals surface area (Å²) in [6.07, 6.45) is 1.17. The van der Waals surface area contributed by atoms with Crippen molar-refractivity contribution in [3.05, 3.63) is 29.8 Å². The van der Waals surface area contributed by atoms with Crippen LogP contribution >= 0.6 is 0 Å². The topological polar surface area (TPSA) is 76.4 Å². The Labute approximate surface area is 112 Å². The van der Waals surface area contributed by atoms with E-state index < -0.39 is 5.97 Å². The van der Waals surface area contributed by atoms with E-state index in [1.807, 2.05) is 24.3 Å². The van der Waals surface area contributed by atoms with Gasteiger partial charge in [-0.15, -0.1) is 0 Å². The molecule has 1 aromatic carbocycles. The largest absolute Gasteiger partial charge is 0.481 e. The molecule has 0 bridgehead atoms. The number of hydrogen-bond donors (Lipinski definition) is 2. The summed E-state index contributed by atoms with van der Waals surface area (Å²) >= 11 is 0. The molecule has 2 rings (SSSR count). The third-order valence-electron chi connectivity index (χ3n) is 3.32. The van der Waals surface area contributed by atoms with Gasteiger partial charge in [-0.3, -0.25) is 4.79 Å². The summed E-state index contributed by atoms with van der Waals surface area (Å²) in [5, 5.41) is 20.6. The van der Waals surface area contributed by atoms with Gasteiger partial charge in [0, 0.05) is 31.4 Å². The maximum Gasteiger partial charge on any atom is 0.304 e. The Hall–Kier alpha value is -2.06. The van der Waals surface area contributed by atoms with Crippen molar-refractivity contribution < 1.29 is 9.90 Å². The minimum Gasteiger partial charge on any atom is -0.481 e. The molecule has 100 valence electrons. The molecule has 2 N–H and O–H groups in total. The number of aliphatic carboxylic acids is 1. The lowest BCUT2D eigenvalue weighted by Gasteiger charge is -2.19. The van der Waals surface area contributed by atoms with Gasteiger partial charge in [0.15, 0.2) is 0 Å². The molecule has 1 unspecified atom stereocenters. The maximum atomic E-state index is 10.4. The molecule has 1 atom stereocenters. The summed E-state index contributed by atoms with van der Waals surface area (Å²) in [6, 6.07) is 10.0. The van der Waals surface area contributed by atoms with Crippen LogP contribution in [-0.2, 0) is 4.79 Å². The number of carboxylic acid groups (broad SMARTS) is 1. The van der Waals surface area contributed by atoms with E-state index in [4.69, 9.17) is 10.4 Å². The molecule has 1 saturated heterocycles. The van der Waals surface area contributed by atoms with E-state index in [0.29, 0.717) is 18.2 Å². The fourth-order valence-electron chi connectivity index (χ4n) is 2.29. The first kappa shape index (κ1) is 13.4. The lowest BCUT2D eigenvalue weighted by atomic mass is 10.2. The second kappa shape index (κ2) is 6.21. The van der Waals surface area contributed by atoms with Crippen LogP contribution in [0, 0.1) is 11.3 Å². The number of rotatable bonds is 5. The van der Waals surface area contributed by atoms with Crippen LogP contribution in [0.2, 0.25) is 0 Å². The van der Waals surface area contributed by atoms with E-state index >= 15 is 0 Å². The van der Waals surface area contributed by atoms with Crippen LogP contribution in [0.4, 0.5) is 5.69 Å². The van der Waals surface area contributed by atoms with Crippen molar-refractivity contribution in [1.82, 2.24) is 5.32 Å². The highest BCUT2D eigenvalue weighted by atomic mass is 16.4. The van der Waals surface area contributed by atoms with Gasteiger partial charge >= 0.3 is 5.97 Å². The summed E-state index contributed by atoms with van der Waals surface area (Å²) in [7, 11) is 0. The van der Waals surface area contributed by atoms with Gasteiger partial charge in [-0.25, -0.2) is 0 Å². The standard InChI is InChI=1S/C14H17N3O2/c15-9-11-1-3-13(4-2-11)17-8-6-12(10-17)16-7-5-14(18)19/h1-4,12,16H,5-8,10H2,(H,18,19). The fraction of sp³-hybridized carbons (Fsp3) is 0.429. The van der Waals surface area contributed by atoms with Gasteiger partial charge in [0.25, 0.3) is 0 Å². The van der Waals surface area contributed by atoms with Crippen molar-refractivity contribution in [2.75, 3.05) is 24.5 Å². The normalized spacial score (nSPS) is 18.3. The van der Waals surface area contributed by atoms with E-state index in [-0.39, 0.29) is 6.42 Å². The highest BCUT2D eigenvalue weighted by Gasteiger charge is 2.22. The van der Waals surface area contributed by atoms with Crippen molar-refractivity contribution in [2.45, 2.75) is 18.9 Å². The predicted octanol–water partition coefficient (Wildman–Crippen LogP) is 1.20. The number of carboxylic acids is 1. The third-order valence-corrected chi connectivity index (χ3v) is 3.32. The van der Waals surface area contributed by atoms with E-state index in [1.54, 1.807) is 0 Å². The molecule has 19 heavy (non-hydrogen) atoms. The van der Waals surface area contributed by atoms with Gasteiger partial charge in [-0.05, 0) is 30.7 Å². The van der Waals surface area contributed by atoms with E-state index in [0.717, 1.165) is 25.2 Å². The minimum atomic E-state index is -0.769. The third kappa shape index (κ3) is 3.70. The number of anilines is 1. The lowest BCUT2D eigenvalue weighted by Crippen LogP contribution is -2.33. The zero-order chi connectivity index (χ0) is 13.7. The van der Waals surface area contributed by atoms with E-state index in [1.165, 1.54) is 0 Å². The maximum absolute atomic E-state index is 10.4. The molecule has 0 aromatic heterocycles. The second-order valence-corrected chi connectivity index (χ2v) is 4.69. The summed E-state index contributed by atoms with van der Waals surface area (Å²) in [5.74, 6) is -0.769. The number of nitrogens with zero attached hydrogens (tertiary/aromatic N) is 2. The molecule has 5 heteroatoms. The molecular weight excluding hydrogens is 242 g/mol. The highest BCUT2D eigenvalue weighted by molar-refractivity contribution is 5.66. The summed E-state index contributed by atoms with van der Waals surface area (Å²) in [5.41, 5.74) is 1.78. The number of nitriles is 1. The van der Waals surface area contributed by atoms with Crippen molar-refractivity contribution >= 4 is 11.7 Å². The SMILES string of the molecule is N#Cc1ccc(N2CCC(NCCC(=O)O)C2)cc1. The molecule has 0 radical (unpaired) electrons. The molecule has 1 aliphatic heterocycles. The van der Waals surface area contributed by atoms with Crippen LogP contribution in [0.15, 0.2) is 24.3 Å². The Bertz CT molecular complexity index is 478. The van der Waals surface area contributed by atoms with Gasteiger partial charge in [-0.1, -0.05) is 0 Å². The van der Waals surface area contributed by atoms with Gasteiger partial charge in [0.1, 0.15) is 0 Å². The zero-order valence-corrected chi connectivity index (χ0v) is 10.7. The lowest BCUT2D eigenvalue weighted by molar-refractivity contribution is -0.136. The van der Waals surface area contributed by atoms with Crippen LogP contribution in [0.25, 0.3) is 0 Å². The van der Waals surface area contributed by atoms with Crippen molar-refractivity contribution in [3.8, 4) is 6.07 Å². The molecule has 1 aromatic rings. The predicted molar refractivity (Wildman–Crippen MR) is 72.0 cm³/mol. The van der Waals surface area contributed by atoms with Crippen molar-refractivity contribution in [3.63, 3.8) is 0 Å². The molecule has 1 aliphatic rings. The smallest absolute Gasteiger partial charge is 0.304 e. The second-order valence-electron chi connectivity index (χ2n) is 4.69. The summed E-state index contributed by atoms with van der Waals surface area (Å²) in [6.45, 7) is 2.35. The summed E-state index contributed by atoms with van der Waals surface area (Å²) < 4.78 is 0. The number of benzene rings is 1. The molecule has 0 saturated carbocycles. The Morgan fingerprint density at radius 1 is 1.47 bits per heavy atom. The van der Waals surface area contributed by atoms with Crippen molar-refractivity contribution in [2.24, 2.45) is 0 Å². The number of hydrogen-bond acceptors (Lipinski definition) is 4. The molecule has 0 amide bonds. The molecular formula is C14H17N3O2. The van der Waals surface area contributed by atoms with Crippen LogP contribution in [0.1, 0.15) is 18.4 Å². The first-order valence-electron chi connectivity index (χ1n) is 6.39. The van der Waals surface area contributed by atoms with Gasteiger partial charge in [0.05, 0.1) is 18.1 Å². The van der Waals surface area contributed by atoms with Crippen LogP contribution in [0.3, 0.4) is 0 Å². The van der Waals surface area contributed by atoms with Crippen LogP contribution in [-0.4, -0.2) is 36.8 Å². The first-order valence-corrected chi connectivity index (χ1v) is 6.39. The monoisotopic (exact) mass is 259 g/mol. The Balaban J connectivity index is 1.84. The summed E-state index contributed by atoms with van der Waals surface area (Å²) in [4.78, 5) is 12.7. The molecule has 0 spiro atoms. The number of carbonyl (C=O) groups is 1. The van der Waals surface area contributed by atoms with Crippen LogP contribution < -0.4 is 10.2 Å². The van der Waals surface area contributed by atoms with Crippen LogP contribution in [0.5, 0.6) is 0 Å². The zero-order valence-electron chi connectivity index (χ0n) is 10.7. The van der Waals surface area contributed by atoms with Gasteiger partial charge in [0.2, 0.25) is 0 Å². The molecule has 5 nitrogen and oxygen atoms in total. The molecule has 0 aliphatic carbocycles. The minimum absolute atomic E-state index is 0.160. The van der Waals surface area contributed by atoms with Crippen molar-refractivity contribution in [1.29, 1.82) is 5.26 Å². The molecule has 1 heterocycles. The molecule has 1 fully saturated rings. The first-order chi connectivity index (χ1) is 9.19. The fourth-order valence-corrected chi connectivity index (χ4v) is 2.29.